The molecule has 0 spiro atoms. The molecular weight excluding hydrogens is 290 g/mol. The number of aryl methyl sites for hydroxylation is 1. The Labute approximate surface area is 124 Å². The molecule has 0 aliphatic carbocycles. The second-order valence-corrected chi connectivity index (χ2v) is 5.25. The zero-order chi connectivity index (χ0) is 14.7. The lowest BCUT2D eigenvalue weighted by molar-refractivity contribution is 0.796. The molecule has 0 fully saturated rings. The van der Waals surface area contributed by atoms with Gasteiger partial charge in [-0.3, -0.25) is 0 Å². The van der Waals surface area contributed by atoms with Gasteiger partial charge in [-0.25, -0.2) is 9.97 Å². The van der Waals surface area contributed by atoms with Gasteiger partial charge in [0.05, 0.1) is 10.7 Å². The van der Waals surface area contributed by atoms with E-state index in [9.17, 15) is 0 Å². The fourth-order valence-electron chi connectivity index (χ4n) is 1.70. The Hall–Kier alpha value is -2.62. The van der Waals surface area contributed by atoms with Gasteiger partial charge in [-0.05, 0) is 6.92 Å². The van der Waals surface area contributed by atoms with E-state index in [4.69, 9.17) is 5.73 Å². The number of aromatic nitrogens is 7. The average molecular weight is 303 g/mol. The predicted molar refractivity (Wildman–Crippen MR) is 78.2 cm³/mol. The number of anilines is 2. The summed E-state index contributed by atoms with van der Waals surface area (Å²) in [5, 5.41) is 10.2. The lowest BCUT2D eigenvalue weighted by Gasteiger charge is -2.06. The molecule has 108 valence electrons. The van der Waals surface area contributed by atoms with Crippen molar-refractivity contribution < 1.29 is 0 Å². The normalized spacial score (nSPS) is 10.7. The summed E-state index contributed by atoms with van der Waals surface area (Å²) < 4.78 is 1.42. The molecule has 9 nitrogen and oxygen atoms in total. The van der Waals surface area contributed by atoms with Crippen LogP contribution in [0.25, 0.3) is 5.95 Å². The number of hydrogen-bond donors (Lipinski definition) is 2. The van der Waals surface area contributed by atoms with E-state index >= 15 is 0 Å². The summed E-state index contributed by atoms with van der Waals surface area (Å²) in [6.07, 6.45) is 3.68. The molecule has 3 aromatic rings. The van der Waals surface area contributed by atoms with Crippen molar-refractivity contribution in [2.24, 2.45) is 0 Å². The topological polar surface area (TPSA) is 120 Å². The van der Waals surface area contributed by atoms with Crippen LogP contribution in [-0.4, -0.2) is 41.2 Å². The molecule has 0 saturated carbocycles. The molecule has 3 rings (SSSR count). The molecule has 0 aliphatic heterocycles. The molecule has 10 heteroatoms. The Balaban J connectivity index is 1.68. The second-order valence-electron chi connectivity index (χ2n) is 4.19. The number of nitrogens with two attached hydrogens (primary N) is 1. The first-order chi connectivity index (χ1) is 10.2. The predicted octanol–water partition coefficient (Wildman–Crippen LogP) is 0.454. The monoisotopic (exact) mass is 303 g/mol. The summed E-state index contributed by atoms with van der Waals surface area (Å²) in [7, 11) is 0. The maximum atomic E-state index is 5.68. The van der Waals surface area contributed by atoms with Gasteiger partial charge >= 0.3 is 0 Å². The minimum atomic E-state index is 0.127. The zero-order valence-corrected chi connectivity index (χ0v) is 12.1. The first kappa shape index (κ1) is 13.4. The summed E-state index contributed by atoms with van der Waals surface area (Å²) in [4.78, 5) is 20.5. The SMILES string of the molecule is Cc1nc(CCNc2nc(N)nc(-n3cncn3)n2)cs1. The third-order valence-electron chi connectivity index (χ3n) is 2.60. The third-order valence-corrected chi connectivity index (χ3v) is 3.42. The summed E-state index contributed by atoms with van der Waals surface area (Å²) in [6, 6.07) is 0. The van der Waals surface area contributed by atoms with Crippen LogP contribution in [0.4, 0.5) is 11.9 Å². The fraction of sp³-hybridized carbons (Fsp3) is 0.273. The highest BCUT2D eigenvalue weighted by Crippen LogP contribution is 2.09. The first-order valence-corrected chi connectivity index (χ1v) is 7.10. The van der Waals surface area contributed by atoms with Crippen molar-refractivity contribution in [2.75, 3.05) is 17.6 Å². The maximum absolute atomic E-state index is 5.68. The van der Waals surface area contributed by atoms with Crippen molar-refractivity contribution in [2.45, 2.75) is 13.3 Å². The Bertz CT molecular complexity index is 721. The van der Waals surface area contributed by atoms with Crippen LogP contribution in [0.5, 0.6) is 0 Å². The standard InChI is InChI=1S/C11H13N9S/c1-7-16-8(4-21-7)2-3-14-10-17-9(12)18-11(19-10)20-6-13-5-15-20/h4-6H,2-3H2,1H3,(H3,12,14,17,18,19). The van der Waals surface area contributed by atoms with Gasteiger partial charge in [-0.1, -0.05) is 0 Å². The van der Waals surface area contributed by atoms with Gasteiger partial charge in [0.2, 0.25) is 11.9 Å². The van der Waals surface area contributed by atoms with Crippen LogP contribution in [-0.2, 0) is 6.42 Å². The van der Waals surface area contributed by atoms with Gasteiger partial charge in [0.25, 0.3) is 5.95 Å². The summed E-state index contributed by atoms with van der Waals surface area (Å²) in [5.41, 5.74) is 6.72. The van der Waals surface area contributed by atoms with Crippen LogP contribution < -0.4 is 11.1 Å². The Morgan fingerprint density at radius 2 is 2.19 bits per heavy atom. The van der Waals surface area contributed by atoms with Crippen molar-refractivity contribution in [1.82, 2.24) is 34.7 Å². The Kier molecular flexibility index (Phi) is 3.69. The molecule has 0 radical (unpaired) electrons. The number of nitrogens with zero attached hydrogens (tertiary/aromatic N) is 7. The number of hydrogen-bond acceptors (Lipinski definition) is 9. The number of nitrogen functional groups attached to an aromatic ring is 1. The van der Waals surface area contributed by atoms with E-state index in [1.54, 1.807) is 11.3 Å². The van der Waals surface area contributed by atoms with Gasteiger partial charge in [0.1, 0.15) is 12.7 Å². The quantitative estimate of drug-likeness (QED) is 0.697. The Morgan fingerprint density at radius 3 is 2.90 bits per heavy atom. The summed E-state index contributed by atoms with van der Waals surface area (Å²) >= 11 is 1.64. The van der Waals surface area contributed by atoms with Gasteiger partial charge in [0, 0.05) is 18.3 Å². The highest BCUT2D eigenvalue weighted by Gasteiger charge is 2.07. The van der Waals surface area contributed by atoms with Gasteiger partial charge < -0.3 is 11.1 Å². The maximum Gasteiger partial charge on any atom is 0.258 e. The molecule has 0 unspecified atom stereocenters. The van der Waals surface area contributed by atoms with E-state index in [1.807, 2.05) is 12.3 Å². The molecule has 0 atom stereocenters. The first-order valence-electron chi connectivity index (χ1n) is 6.22. The van der Waals surface area contributed by atoms with E-state index in [0.29, 0.717) is 18.4 Å². The second kappa shape index (κ2) is 5.79. The Morgan fingerprint density at radius 1 is 1.29 bits per heavy atom. The molecule has 3 heterocycles. The largest absolute Gasteiger partial charge is 0.368 e. The molecule has 3 aromatic heterocycles. The minimum Gasteiger partial charge on any atom is -0.368 e. The summed E-state index contributed by atoms with van der Waals surface area (Å²) in [6.45, 7) is 2.64. The van der Waals surface area contributed by atoms with Crippen molar-refractivity contribution >= 4 is 23.2 Å². The number of thiazole rings is 1. The smallest absolute Gasteiger partial charge is 0.258 e. The highest BCUT2D eigenvalue weighted by molar-refractivity contribution is 7.09. The van der Waals surface area contributed by atoms with Crippen LogP contribution in [0.3, 0.4) is 0 Å². The molecule has 3 N–H and O–H groups in total. The zero-order valence-electron chi connectivity index (χ0n) is 11.3. The van der Waals surface area contributed by atoms with Crippen LogP contribution in [0.15, 0.2) is 18.0 Å². The van der Waals surface area contributed by atoms with Crippen LogP contribution >= 0.6 is 11.3 Å². The van der Waals surface area contributed by atoms with E-state index < -0.39 is 0 Å². The fourth-order valence-corrected chi connectivity index (χ4v) is 2.35. The summed E-state index contributed by atoms with van der Waals surface area (Å²) in [5.74, 6) is 0.856. The van der Waals surface area contributed by atoms with E-state index in [0.717, 1.165) is 17.1 Å². The molecule has 0 aromatic carbocycles. The van der Waals surface area contributed by atoms with Gasteiger partial charge in [-0.15, -0.1) is 11.3 Å². The van der Waals surface area contributed by atoms with Gasteiger partial charge in [-0.2, -0.15) is 24.7 Å². The molecule has 0 saturated heterocycles. The van der Waals surface area contributed by atoms with E-state index in [-0.39, 0.29) is 5.95 Å². The third kappa shape index (κ3) is 3.28. The number of nitrogens with one attached hydrogen (secondary N) is 1. The van der Waals surface area contributed by atoms with Crippen LogP contribution in [0, 0.1) is 6.92 Å². The van der Waals surface area contributed by atoms with Crippen molar-refractivity contribution in [3.05, 3.63) is 28.7 Å². The highest BCUT2D eigenvalue weighted by atomic mass is 32.1. The van der Waals surface area contributed by atoms with Crippen molar-refractivity contribution in [1.29, 1.82) is 0 Å². The average Bonchev–Trinajstić information content (AvgIpc) is 3.10. The molecule has 0 bridgehead atoms. The lowest BCUT2D eigenvalue weighted by Crippen LogP contribution is -2.13. The lowest BCUT2D eigenvalue weighted by atomic mass is 10.3. The molecule has 0 amide bonds. The number of rotatable bonds is 5. The van der Waals surface area contributed by atoms with E-state index in [2.05, 4.69) is 35.3 Å². The molecule has 0 aliphatic rings. The minimum absolute atomic E-state index is 0.127. The van der Waals surface area contributed by atoms with Gasteiger partial charge in [0.15, 0.2) is 0 Å². The van der Waals surface area contributed by atoms with E-state index in [1.165, 1.54) is 17.3 Å². The molecule has 21 heavy (non-hydrogen) atoms. The van der Waals surface area contributed by atoms with Crippen molar-refractivity contribution in [3.63, 3.8) is 0 Å². The molecular formula is C11H13N9S. The van der Waals surface area contributed by atoms with Crippen molar-refractivity contribution in [3.8, 4) is 5.95 Å². The van der Waals surface area contributed by atoms with Crippen LogP contribution in [0.1, 0.15) is 10.7 Å². The van der Waals surface area contributed by atoms with Crippen LogP contribution in [0.2, 0.25) is 0 Å².